The van der Waals surface area contributed by atoms with Crippen LogP contribution in [0.3, 0.4) is 0 Å². The fourth-order valence-corrected chi connectivity index (χ4v) is 2.36. The Balaban J connectivity index is 2.28. The van der Waals surface area contributed by atoms with Gasteiger partial charge in [-0.3, -0.25) is 0 Å². The first-order chi connectivity index (χ1) is 7.16. The average Bonchev–Trinajstić information content (AvgIpc) is 2.61. The lowest BCUT2D eigenvalue weighted by Gasteiger charge is -2.29. The van der Waals surface area contributed by atoms with Gasteiger partial charge in [0.2, 0.25) is 0 Å². The third-order valence-corrected chi connectivity index (χ3v) is 3.80. The lowest BCUT2D eigenvalue weighted by molar-refractivity contribution is 0.409. The van der Waals surface area contributed by atoms with Gasteiger partial charge in [0, 0.05) is 11.5 Å². The predicted molar refractivity (Wildman–Crippen MR) is 62.4 cm³/mol. The maximum atomic E-state index is 5.18. The number of rotatable bonds is 2. The topological polar surface area (TPSA) is 21.3 Å². The molecule has 0 saturated carbocycles. The number of methoxy groups -OCH3 is 1. The van der Waals surface area contributed by atoms with E-state index in [4.69, 9.17) is 4.74 Å². The number of benzene rings is 1. The number of nitrogens with one attached hydrogen (secondary N) is 1. The Kier molecular flexibility index (Phi) is 2.70. The van der Waals surface area contributed by atoms with Crippen LogP contribution in [0.4, 0.5) is 0 Å². The van der Waals surface area contributed by atoms with E-state index in [0.29, 0.717) is 6.04 Å². The molecule has 2 rings (SSSR count). The molecule has 2 atom stereocenters. The summed E-state index contributed by atoms with van der Waals surface area (Å²) in [4.78, 5) is 0. The van der Waals surface area contributed by atoms with Crippen LogP contribution in [0.5, 0.6) is 5.75 Å². The van der Waals surface area contributed by atoms with E-state index in [1.165, 1.54) is 12.0 Å². The highest BCUT2D eigenvalue weighted by Crippen LogP contribution is 2.35. The summed E-state index contributed by atoms with van der Waals surface area (Å²) in [7, 11) is 1.70. The molecule has 0 aromatic heterocycles. The Hall–Kier alpha value is -1.02. The monoisotopic (exact) mass is 205 g/mol. The van der Waals surface area contributed by atoms with Crippen molar-refractivity contribution < 1.29 is 4.74 Å². The van der Waals surface area contributed by atoms with Crippen LogP contribution in [0, 0.1) is 0 Å². The molecule has 1 aromatic carbocycles. The van der Waals surface area contributed by atoms with Crippen LogP contribution in [-0.2, 0) is 5.41 Å². The van der Waals surface area contributed by atoms with Crippen LogP contribution in [-0.4, -0.2) is 19.7 Å². The van der Waals surface area contributed by atoms with E-state index < -0.39 is 0 Å². The van der Waals surface area contributed by atoms with Crippen LogP contribution in [0.1, 0.15) is 25.8 Å². The largest absolute Gasteiger partial charge is 0.497 e. The molecular weight excluding hydrogens is 186 g/mol. The normalized spacial score (nSPS) is 30.5. The molecule has 2 unspecified atom stereocenters. The van der Waals surface area contributed by atoms with Crippen molar-refractivity contribution in [1.82, 2.24) is 5.32 Å². The fraction of sp³-hybridized carbons (Fsp3) is 0.538. The molecule has 0 aliphatic carbocycles. The second-order valence-corrected chi connectivity index (χ2v) is 4.57. The molecule has 1 aromatic rings. The summed E-state index contributed by atoms with van der Waals surface area (Å²) in [5, 5.41) is 3.51. The van der Waals surface area contributed by atoms with Crippen LogP contribution < -0.4 is 10.1 Å². The van der Waals surface area contributed by atoms with Crippen molar-refractivity contribution in [3.8, 4) is 5.75 Å². The lowest BCUT2D eigenvalue weighted by atomic mass is 9.77. The first-order valence-electron chi connectivity index (χ1n) is 5.55. The third kappa shape index (κ3) is 1.74. The Morgan fingerprint density at radius 2 is 2.00 bits per heavy atom. The number of hydrogen-bond donors (Lipinski definition) is 1. The van der Waals surface area contributed by atoms with Gasteiger partial charge in [-0.25, -0.2) is 0 Å². The molecule has 1 heterocycles. The molecule has 2 nitrogen and oxygen atoms in total. The standard InChI is InChI=1S/C13H19NO/c1-10-13(2,8-9-14-10)11-4-6-12(15-3)7-5-11/h4-7,10,14H,8-9H2,1-3H3. The quantitative estimate of drug-likeness (QED) is 0.800. The first kappa shape index (κ1) is 10.5. The highest BCUT2D eigenvalue weighted by atomic mass is 16.5. The molecule has 0 radical (unpaired) electrons. The SMILES string of the molecule is COc1ccc(C2(C)CCNC2C)cc1. The van der Waals surface area contributed by atoms with Crippen molar-refractivity contribution in [3.05, 3.63) is 29.8 Å². The summed E-state index contributed by atoms with van der Waals surface area (Å²) in [5.41, 5.74) is 1.67. The van der Waals surface area contributed by atoms with Crippen molar-refractivity contribution in [2.24, 2.45) is 0 Å². The Bertz CT molecular complexity index is 333. The van der Waals surface area contributed by atoms with Crippen molar-refractivity contribution >= 4 is 0 Å². The third-order valence-electron chi connectivity index (χ3n) is 3.80. The van der Waals surface area contributed by atoms with Crippen LogP contribution in [0.15, 0.2) is 24.3 Å². The highest BCUT2D eigenvalue weighted by Gasteiger charge is 2.36. The molecule has 0 bridgehead atoms. The van der Waals surface area contributed by atoms with Gasteiger partial charge in [-0.05, 0) is 37.6 Å². The zero-order chi connectivity index (χ0) is 10.9. The minimum atomic E-state index is 0.270. The van der Waals surface area contributed by atoms with Gasteiger partial charge in [0.1, 0.15) is 5.75 Å². The van der Waals surface area contributed by atoms with E-state index >= 15 is 0 Å². The summed E-state index contributed by atoms with van der Waals surface area (Å²) in [6, 6.07) is 9.01. The maximum Gasteiger partial charge on any atom is 0.118 e. The first-order valence-corrected chi connectivity index (χ1v) is 5.55. The van der Waals surface area contributed by atoms with Crippen LogP contribution in [0.2, 0.25) is 0 Å². The molecule has 1 aliphatic rings. The highest BCUT2D eigenvalue weighted by molar-refractivity contribution is 5.34. The predicted octanol–water partition coefficient (Wildman–Crippen LogP) is 2.33. The second-order valence-electron chi connectivity index (χ2n) is 4.57. The second kappa shape index (κ2) is 3.86. The lowest BCUT2D eigenvalue weighted by Crippen LogP contribution is -2.35. The Morgan fingerprint density at radius 3 is 2.47 bits per heavy atom. The molecule has 0 spiro atoms. The van der Waals surface area contributed by atoms with Gasteiger partial charge in [0.15, 0.2) is 0 Å². The smallest absolute Gasteiger partial charge is 0.118 e. The Morgan fingerprint density at radius 1 is 1.33 bits per heavy atom. The molecule has 15 heavy (non-hydrogen) atoms. The van der Waals surface area contributed by atoms with Crippen molar-refractivity contribution in [3.63, 3.8) is 0 Å². The van der Waals surface area contributed by atoms with Crippen molar-refractivity contribution in [1.29, 1.82) is 0 Å². The molecule has 82 valence electrons. The van der Waals surface area contributed by atoms with E-state index in [1.54, 1.807) is 7.11 Å². The average molecular weight is 205 g/mol. The molecule has 1 fully saturated rings. The summed E-state index contributed by atoms with van der Waals surface area (Å²) in [5.74, 6) is 0.931. The number of hydrogen-bond acceptors (Lipinski definition) is 2. The summed E-state index contributed by atoms with van der Waals surface area (Å²) in [6.07, 6.45) is 1.21. The van der Waals surface area contributed by atoms with Crippen molar-refractivity contribution in [2.45, 2.75) is 31.7 Å². The molecule has 1 aliphatic heterocycles. The van der Waals surface area contributed by atoms with Gasteiger partial charge < -0.3 is 10.1 Å². The van der Waals surface area contributed by atoms with Gasteiger partial charge in [0.25, 0.3) is 0 Å². The van der Waals surface area contributed by atoms with Crippen LogP contribution in [0.25, 0.3) is 0 Å². The summed E-state index contributed by atoms with van der Waals surface area (Å²) < 4.78 is 5.18. The van der Waals surface area contributed by atoms with Gasteiger partial charge in [-0.15, -0.1) is 0 Å². The fourth-order valence-electron chi connectivity index (χ4n) is 2.36. The Labute approximate surface area is 91.6 Å². The molecule has 0 amide bonds. The minimum Gasteiger partial charge on any atom is -0.497 e. The molecule has 2 heteroatoms. The number of ether oxygens (including phenoxy) is 1. The zero-order valence-electron chi connectivity index (χ0n) is 9.71. The van der Waals surface area contributed by atoms with E-state index in [0.717, 1.165) is 12.3 Å². The van der Waals surface area contributed by atoms with Crippen LogP contribution >= 0.6 is 0 Å². The van der Waals surface area contributed by atoms with Crippen molar-refractivity contribution in [2.75, 3.05) is 13.7 Å². The van der Waals surface area contributed by atoms with E-state index in [9.17, 15) is 0 Å². The van der Waals surface area contributed by atoms with E-state index in [2.05, 4.69) is 31.3 Å². The maximum absolute atomic E-state index is 5.18. The van der Waals surface area contributed by atoms with Gasteiger partial charge in [-0.2, -0.15) is 0 Å². The minimum absolute atomic E-state index is 0.270. The zero-order valence-corrected chi connectivity index (χ0v) is 9.71. The van der Waals surface area contributed by atoms with E-state index in [-0.39, 0.29) is 5.41 Å². The summed E-state index contributed by atoms with van der Waals surface area (Å²) >= 11 is 0. The van der Waals surface area contributed by atoms with Gasteiger partial charge in [0.05, 0.1) is 7.11 Å². The summed E-state index contributed by atoms with van der Waals surface area (Å²) in [6.45, 7) is 5.71. The van der Waals surface area contributed by atoms with E-state index in [1.807, 2.05) is 12.1 Å². The molecule has 1 N–H and O–H groups in total. The van der Waals surface area contributed by atoms with Gasteiger partial charge >= 0.3 is 0 Å². The molecule has 1 saturated heterocycles. The molecular formula is C13H19NO. The van der Waals surface area contributed by atoms with Gasteiger partial charge in [-0.1, -0.05) is 19.1 Å².